The first-order chi connectivity index (χ1) is 14.2. The van der Waals surface area contributed by atoms with Gasteiger partial charge in [0.2, 0.25) is 0 Å². The fraction of sp³-hybridized carbons (Fsp3) is 0.500. The van der Waals surface area contributed by atoms with E-state index in [2.05, 4.69) is 31.2 Å². The zero-order valence-corrected chi connectivity index (χ0v) is 19.8. The van der Waals surface area contributed by atoms with E-state index in [-0.39, 0.29) is 11.3 Å². The lowest BCUT2D eigenvalue weighted by Crippen LogP contribution is -2.17. The minimum atomic E-state index is -0.450. The number of aliphatic hydroxyl groups is 1. The highest BCUT2D eigenvalue weighted by Crippen LogP contribution is 2.21. The van der Waals surface area contributed by atoms with Crippen LogP contribution in [0, 0.1) is 12.8 Å². The summed E-state index contributed by atoms with van der Waals surface area (Å²) in [6, 6.07) is 0. The lowest BCUT2D eigenvalue weighted by molar-refractivity contribution is 0.173. The third-order valence-electron chi connectivity index (χ3n) is 5.44. The average Bonchev–Trinajstić information content (AvgIpc) is 2.73. The van der Waals surface area contributed by atoms with E-state index in [1.54, 1.807) is 0 Å². The van der Waals surface area contributed by atoms with Crippen LogP contribution in [0.4, 0.5) is 0 Å². The molecule has 1 aromatic rings. The molecule has 0 spiro atoms. The summed E-state index contributed by atoms with van der Waals surface area (Å²) in [7, 11) is 1.53. The Morgan fingerprint density at radius 1 is 1.27 bits per heavy atom. The van der Waals surface area contributed by atoms with Crippen LogP contribution in [-0.4, -0.2) is 18.3 Å². The summed E-state index contributed by atoms with van der Waals surface area (Å²) in [5.41, 5.74) is 4.55. The van der Waals surface area contributed by atoms with Crippen molar-refractivity contribution in [2.75, 3.05) is 7.11 Å². The average molecular weight is 415 g/mol. The van der Waals surface area contributed by atoms with Crippen LogP contribution in [0.2, 0.25) is 0 Å². The van der Waals surface area contributed by atoms with E-state index in [0.717, 1.165) is 17.6 Å². The van der Waals surface area contributed by atoms with E-state index in [4.69, 9.17) is 9.15 Å². The lowest BCUT2D eigenvalue weighted by atomic mass is 9.96. The molecule has 30 heavy (non-hydrogen) atoms. The second kappa shape index (κ2) is 12.4. The molecule has 2 atom stereocenters. The normalized spacial score (nSPS) is 15.6. The monoisotopic (exact) mass is 414 g/mol. The molecule has 166 valence electrons. The third-order valence-corrected chi connectivity index (χ3v) is 5.44. The van der Waals surface area contributed by atoms with E-state index in [0.29, 0.717) is 35.7 Å². The second-order valence-electron chi connectivity index (χ2n) is 7.91. The second-order valence-corrected chi connectivity index (χ2v) is 7.91. The molecule has 4 heteroatoms. The molecule has 1 heterocycles. The molecule has 0 amide bonds. The van der Waals surface area contributed by atoms with Gasteiger partial charge < -0.3 is 14.3 Å². The first-order valence-corrected chi connectivity index (χ1v) is 10.7. The Hall–Kier alpha value is -2.33. The van der Waals surface area contributed by atoms with Gasteiger partial charge in [0, 0.05) is 17.9 Å². The Morgan fingerprint density at radius 2 is 1.93 bits per heavy atom. The van der Waals surface area contributed by atoms with Crippen LogP contribution in [0.25, 0.3) is 0 Å². The third kappa shape index (κ3) is 7.17. The minimum absolute atomic E-state index is 0.00627. The summed E-state index contributed by atoms with van der Waals surface area (Å²) in [5.74, 6) is 1.03. The van der Waals surface area contributed by atoms with Gasteiger partial charge in [0.05, 0.1) is 18.8 Å². The maximum absolute atomic E-state index is 12.5. The van der Waals surface area contributed by atoms with Gasteiger partial charge in [-0.05, 0) is 53.0 Å². The largest absolute Gasteiger partial charge is 0.468 e. The molecule has 0 bridgehead atoms. The Balaban J connectivity index is 2.80. The molecule has 1 aromatic heterocycles. The SMILES string of the molecule is CC=C(C)[C@H](O)[C@@H](C)C=C(C)C=CCC(C)=CCc1oc(OC)c(CC)c(=O)c1C. The highest BCUT2D eigenvalue weighted by atomic mass is 16.6. The molecule has 0 unspecified atom stereocenters. The molecule has 0 aromatic carbocycles. The number of hydrogen-bond acceptors (Lipinski definition) is 4. The molecular weight excluding hydrogens is 376 g/mol. The zero-order chi connectivity index (χ0) is 22.8. The number of ether oxygens (including phenoxy) is 1. The maximum atomic E-state index is 12.5. The highest BCUT2D eigenvalue weighted by Gasteiger charge is 2.15. The van der Waals surface area contributed by atoms with Gasteiger partial charge >= 0.3 is 0 Å². The summed E-state index contributed by atoms with van der Waals surface area (Å²) in [5, 5.41) is 10.3. The van der Waals surface area contributed by atoms with E-state index in [1.807, 2.05) is 47.6 Å². The van der Waals surface area contributed by atoms with Crippen LogP contribution in [0.5, 0.6) is 5.95 Å². The van der Waals surface area contributed by atoms with Crippen molar-refractivity contribution in [1.82, 2.24) is 0 Å². The Bertz CT molecular complexity index is 881. The van der Waals surface area contributed by atoms with E-state index >= 15 is 0 Å². The molecule has 0 saturated carbocycles. The van der Waals surface area contributed by atoms with Gasteiger partial charge in [-0.3, -0.25) is 4.79 Å². The zero-order valence-electron chi connectivity index (χ0n) is 19.8. The number of aliphatic hydroxyl groups excluding tert-OH is 1. The van der Waals surface area contributed by atoms with Crippen molar-refractivity contribution >= 4 is 0 Å². The summed E-state index contributed by atoms with van der Waals surface area (Å²) in [6.07, 6.45) is 11.8. The highest BCUT2D eigenvalue weighted by molar-refractivity contribution is 5.31. The molecule has 0 aliphatic carbocycles. The number of methoxy groups -OCH3 is 1. The van der Waals surface area contributed by atoms with E-state index in [9.17, 15) is 9.90 Å². The lowest BCUT2D eigenvalue weighted by Gasteiger charge is -2.16. The van der Waals surface area contributed by atoms with Crippen LogP contribution < -0.4 is 10.2 Å². The molecule has 1 N–H and O–H groups in total. The van der Waals surface area contributed by atoms with Crippen LogP contribution >= 0.6 is 0 Å². The predicted octanol–water partition coefficient (Wildman–Crippen LogP) is 5.86. The Kier molecular flexibility index (Phi) is 10.6. The van der Waals surface area contributed by atoms with Crippen LogP contribution in [0.15, 0.2) is 56.3 Å². The fourth-order valence-electron chi connectivity index (χ4n) is 3.29. The van der Waals surface area contributed by atoms with Crippen molar-refractivity contribution in [2.45, 2.75) is 73.8 Å². The van der Waals surface area contributed by atoms with Crippen molar-refractivity contribution < 1.29 is 14.3 Å². The van der Waals surface area contributed by atoms with Crippen LogP contribution in [-0.2, 0) is 12.8 Å². The smallest absolute Gasteiger partial charge is 0.291 e. The van der Waals surface area contributed by atoms with Gasteiger partial charge in [0.25, 0.3) is 5.95 Å². The Morgan fingerprint density at radius 3 is 2.50 bits per heavy atom. The predicted molar refractivity (Wildman–Crippen MR) is 125 cm³/mol. The Labute approximate surface area is 181 Å². The molecule has 0 aliphatic heterocycles. The van der Waals surface area contributed by atoms with Gasteiger partial charge in [-0.15, -0.1) is 0 Å². The molecule has 0 saturated heterocycles. The van der Waals surface area contributed by atoms with Crippen molar-refractivity contribution in [3.8, 4) is 5.95 Å². The first kappa shape index (κ1) is 25.7. The first-order valence-electron chi connectivity index (χ1n) is 10.7. The van der Waals surface area contributed by atoms with Crippen molar-refractivity contribution in [3.05, 3.63) is 74.2 Å². The summed E-state index contributed by atoms with van der Waals surface area (Å²) in [6.45, 7) is 13.8. The quantitative estimate of drug-likeness (QED) is 0.384. The minimum Gasteiger partial charge on any atom is -0.468 e. The van der Waals surface area contributed by atoms with Crippen molar-refractivity contribution in [1.29, 1.82) is 0 Å². The standard InChI is InChI=1S/C26H38O4/c1-9-19(5)24(27)20(6)16-18(4)13-11-12-17(3)14-15-23-21(7)25(28)22(10-2)26(29-8)30-23/h9,11,13-14,16,20,24,27H,10,12,15H2,1-8H3/t20-,24-/m0/s1. The summed E-state index contributed by atoms with van der Waals surface area (Å²) < 4.78 is 11.1. The van der Waals surface area contributed by atoms with Crippen LogP contribution in [0.1, 0.15) is 64.9 Å². The van der Waals surface area contributed by atoms with Gasteiger partial charge in [-0.25, -0.2) is 0 Å². The molecule has 0 radical (unpaired) electrons. The topological polar surface area (TPSA) is 59.7 Å². The van der Waals surface area contributed by atoms with Gasteiger partial charge in [0.1, 0.15) is 5.76 Å². The number of rotatable bonds is 10. The van der Waals surface area contributed by atoms with Crippen molar-refractivity contribution in [2.24, 2.45) is 5.92 Å². The maximum Gasteiger partial charge on any atom is 0.291 e. The molecule has 0 aliphatic rings. The molecular formula is C26H38O4. The summed E-state index contributed by atoms with van der Waals surface area (Å²) >= 11 is 0. The van der Waals surface area contributed by atoms with Gasteiger partial charge in [0.15, 0.2) is 5.43 Å². The van der Waals surface area contributed by atoms with Crippen LogP contribution in [0.3, 0.4) is 0 Å². The molecule has 4 nitrogen and oxygen atoms in total. The fourth-order valence-corrected chi connectivity index (χ4v) is 3.29. The van der Waals surface area contributed by atoms with E-state index in [1.165, 1.54) is 12.7 Å². The number of allylic oxidation sites excluding steroid dienone is 6. The molecule has 1 rings (SSSR count). The van der Waals surface area contributed by atoms with Gasteiger partial charge in [-0.1, -0.05) is 55.4 Å². The van der Waals surface area contributed by atoms with Crippen molar-refractivity contribution in [3.63, 3.8) is 0 Å². The molecule has 0 fully saturated rings. The van der Waals surface area contributed by atoms with E-state index < -0.39 is 6.10 Å². The summed E-state index contributed by atoms with van der Waals surface area (Å²) in [4.78, 5) is 12.5. The van der Waals surface area contributed by atoms with Gasteiger partial charge in [-0.2, -0.15) is 0 Å². The number of hydrogen-bond donors (Lipinski definition) is 1.